The van der Waals surface area contributed by atoms with Gasteiger partial charge in [-0.15, -0.1) is 0 Å². The minimum absolute atomic E-state index is 0. The molecule has 1 unspecified atom stereocenters. The van der Waals surface area contributed by atoms with Crippen molar-refractivity contribution in [3.8, 4) is 5.75 Å². The number of aromatic carboxylic acids is 1. The van der Waals surface area contributed by atoms with E-state index in [1.54, 1.807) is 24.4 Å². The number of benzene rings is 2. The third-order valence-corrected chi connectivity index (χ3v) is 4.66. The summed E-state index contributed by atoms with van der Waals surface area (Å²) in [5.41, 5.74) is 4.10. The average Bonchev–Trinajstić information content (AvgIpc) is 2.86. The second kappa shape index (κ2) is 10.5. The van der Waals surface area contributed by atoms with Crippen molar-refractivity contribution in [3.63, 3.8) is 0 Å². The zero-order valence-corrected chi connectivity index (χ0v) is 15.2. The first-order chi connectivity index (χ1) is 13.2. The molecule has 3 aromatic rings. The van der Waals surface area contributed by atoms with Crippen LogP contribution in [0.1, 0.15) is 38.7 Å². The van der Waals surface area contributed by atoms with Crippen molar-refractivity contribution in [1.29, 1.82) is 0 Å². The number of rotatable bonds is 5. The second-order valence-electron chi connectivity index (χ2n) is 6.41. The van der Waals surface area contributed by atoms with Gasteiger partial charge in [0.25, 0.3) is 0 Å². The summed E-state index contributed by atoms with van der Waals surface area (Å²) in [4.78, 5) is 15.6. The van der Waals surface area contributed by atoms with Gasteiger partial charge >= 0.3 is 35.5 Å². The van der Waals surface area contributed by atoms with E-state index in [-0.39, 0.29) is 46.7 Å². The summed E-state index contributed by atoms with van der Waals surface area (Å²) in [5.74, 6) is -0.313. The van der Waals surface area contributed by atoms with Crippen molar-refractivity contribution in [2.45, 2.75) is 19.1 Å². The Morgan fingerprint density at radius 1 is 1.14 bits per heavy atom. The molecule has 2 aromatic carbocycles. The molecule has 0 saturated carbocycles. The minimum atomic E-state index is -0.968. The van der Waals surface area contributed by atoms with Crippen LogP contribution in [0.25, 0.3) is 0 Å². The standard InChI is InChI=1S/C22H19NO4.Na.H2O.H/c24-22(25)16-7-8-20-19(12-16)21(18-6-2-1-5-17(18)14-27-20)26-11-9-15-4-3-10-23-13-15;;;/h1-8,10,12-13,21H,9,11,14H2,(H,24,25);;1H2;. The Morgan fingerprint density at radius 2 is 1.97 bits per heavy atom. The molecule has 29 heavy (non-hydrogen) atoms. The number of carbonyl (C=O) groups is 1. The van der Waals surface area contributed by atoms with Gasteiger partial charge in [0.15, 0.2) is 0 Å². The fourth-order valence-corrected chi connectivity index (χ4v) is 3.28. The third kappa shape index (κ3) is 5.23. The van der Waals surface area contributed by atoms with Crippen LogP contribution in [0.4, 0.5) is 0 Å². The predicted octanol–water partition coefficient (Wildman–Crippen LogP) is 2.55. The van der Waals surface area contributed by atoms with Gasteiger partial charge in [-0.3, -0.25) is 4.98 Å². The molecule has 0 saturated heterocycles. The zero-order chi connectivity index (χ0) is 18.6. The van der Waals surface area contributed by atoms with E-state index in [2.05, 4.69) is 4.98 Å². The summed E-state index contributed by atoms with van der Waals surface area (Å²) < 4.78 is 12.2. The number of ether oxygens (including phenoxy) is 2. The molecule has 0 radical (unpaired) electrons. The number of hydrogen-bond acceptors (Lipinski definition) is 4. The number of aromatic nitrogens is 1. The van der Waals surface area contributed by atoms with Gasteiger partial charge in [-0.05, 0) is 47.4 Å². The summed E-state index contributed by atoms with van der Waals surface area (Å²) >= 11 is 0. The van der Waals surface area contributed by atoms with Crippen molar-refractivity contribution in [2.24, 2.45) is 0 Å². The molecule has 2 heterocycles. The second-order valence-corrected chi connectivity index (χ2v) is 6.41. The first-order valence-electron chi connectivity index (χ1n) is 8.81. The van der Waals surface area contributed by atoms with Gasteiger partial charge in [-0.25, -0.2) is 4.79 Å². The van der Waals surface area contributed by atoms with Crippen molar-refractivity contribution in [1.82, 2.24) is 4.98 Å². The zero-order valence-electron chi connectivity index (χ0n) is 15.2. The number of pyridine rings is 1. The van der Waals surface area contributed by atoms with E-state index in [1.807, 2.05) is 42.6 Å². The quantitative estimate of drug-likeness (QED) is 0.660. The van der Waals surface area contributed by atoms with Crippen LogP contribution in [-0.2, 0) is 17.8 Å². The van der Waals surface area contributed by atoms with Crippen LogP contribution in [0.3, 0.4) is 0 Å². The molecular weight excluding hydrogens is 381 g/mol. The van der Waals surface area contributed by atoms with Crippen LogP contribution in [0, 0.1) is 0 Å². The van der Waals surface area contributed by atoms with Crippen molar-refractivity contribution in [3.05, 3.63) is 94.8 Å². The average molecular weight is 403 g/mol. The number of fused-ring (bicyclic) bond motifs is 2. The molecule has 1 aliphatic rings. The van der Waals surface area contributed by atoms with Crippen LogP contribution < -0.4 is 4.74 Å². The molecule has 3 N–H and O–H groups in total. The molecule has 0 amide bonds. The fourth-order valence-electron chi connectivity index (χ4n) is 3.28. The summed E-state index contributed by atoms with van der Waals surface area (Å²) in [5, 5.41) is 9.37. The summed E-state index contributed by atoms with van der Waals surface area (Å²) in [6, 6.07) is 16.8. The van der Waals surface area contributed by atoms with E-state index in [4.69, 9.17) is 9.47 Å². The monoisotopic (exact) mass is 403 g/mol. The number of hydrogen-bond donors (Lipinski definition) is 1. The van der Waals surface area contributed by atoms with Gasteiger partial charge in [0.2, 0.25) is 0 Å². The van der Waals surface area contributed by atoms with E-state index in [0.29, 0.717) is 19.0 Å². The summed E-state index contributed by atoms with van der Waals surface area (Å²) in [6.07, 6.45) is 3.91. The van der Waals surface area contributed by atoms with E-state index < -0.39 is 5.97 Å². The van der Waals surface area contributed by atoms with E-state index in [9.17, 15) is 9.90 Å². The number of carboxylic acid groups (broad SMARTS) is 1. The van der Waals surface area contributed by atoms with Crippen molar-refractivity contribution in [2.75, 3.05) is 6.61 Å². The third-order valence-electron chi connectivity index (χ3n) is 4.66. The molecule has 1 aromatic heterocycles. The Balaban J connectivity index is 0.00000150. The molecular formula is C22H22NNaO5. The van der Waals surface area contributed by atoms with Gasteiger partial charge in [-0.1, -0.05) is 30.3 Å². The van der Waals surface area contributed by atoms with Gasteiger partial charge in [0, 0.05) is 18.0 Å². The molecule has 0 spiro atoms. The van der Waals surface area contributed by atoms with Crippen LogP contribution in [0.15, 0.2) is 67.0 Å². The number of carboxylic acids is 1. The summed E-state index contributed by atoms with van der Waals surface area (Å²) in [7, 11) is 0. The van der Waals surface area contributed by atoms with Gasteiger partial charge in [-0.2, -0.15) is 0 Å². The molecule has 0 bridgehead atoms. The number of nitrogens with zero attached hydrogens (tertiary/aromatic N) is 1. The van der Waals surface area contributed by atoms with E-state index in [1.165, 1.54) is 0 Å². The first kappa shape index (κ1) is 23.1. The predicted molar refractivity (Wildman–Crippen MR) is 111 cm³/mol. The normalized spacial score (nSPS) is 14.1. The molecule has 7 heteroatoms. The van der Waals surface area contributed by atoms with Gasteiger partial charge in [0.1, 0.15) is 18.5 Å². The van der Waals surface area contributed by atoms with Crippen molar-refractivity contribution < 1.29 is 24.9 Å². The van der Waals surface area contributed by atoms with Crippen LogP contribution >= 0.6 is 0 Å². The van der Waals surface area contributed by atoms with Crippen molar-refractivity contribution >= 4 is 35.5 Å². The Morgan fingerprint density at radius 3 is 2.72 bits per heavy atom. The van der Waals surface area contributed by atoms with Crippen LogP contribution in [-0.4, -0.2) is 57.7 Å². The Bertz CT molecular complexity index is 964. The Labute approximate surface area is 191 Å². The SMILES string of the molecule is O.O=C(O)c1ccc2c(c1)C(OCCc1cccnc1)c1ccccc1CO2.[NaH]. The topological polar surface area (TPSA) is 100 Å². The van der Waals surface area contributed by atoms with E-state index in [0.717, 1.165) is 28.7 Å². The Kier molecular flexibility index (Phi) is 8.37. The maximum atomic E-state index is 11.4. The van der Waals surface area contributed by atoms with Gasteiger partial charge < -0.3 is 20.1 Å². The van der Waals surface area contributed by atoms with E-state index >= 15 is 0 Å². The fraction of sp³-hybridized carbons (Fsp3) is 0.182. The molecule has 6 nitrogen and oxygen atoms in total. The summed E-state index contributed by atoms with van der Waals surface area (Å²) in [6.45, 7) is 0.916. The van der Waals surface area contributed by atoms with Gasteiger partial charge in [0.05, 0.1) is 12.2 Å². The van der Waals surface area contributed by atoms with Crippen LogP contribution in [0.5, 0.6) is 5.75 Å². The van der Waals surface area contributed by atoms with Crippen LogP contribution in [0.2, 0.25) is 0 Å². The maximum absolute atomic E-state index is 11.4. The molecule has 1 aliphatic heterocycles. The molecule has 4 rings (SSSR count). The molecule has 146 valence electrons. The molecule has 0 aliphatic carbocycles. The molecule has 1 atom stereocenters. The Hall–Kier alpha value is -2.22. The molecule has 0 fully saturated rings. The first-order valence-corrected chi connectivity index (χ1v) is 8.81.